The van der Waals surface area contributed by atoms with E-state index in [0.29, 0.717) is 17.5 Å². The molecule has 0 spiro atoms. The lowest BCUT2D eigenvalue weighted by molar-refractivity contribution is 0.0696. The highest BCUT2D eigenvalue weighted by Crippen LogP contribution is 2.22. The maximum absolute atomic E-state index is 10.8. The predicted octanol–water partition coefficient (Wildman–Crippen LogP) is 2.58. The Kier molecular flexibility index (Phi) is 3.43. The van der Waals surface area contributed by atoms with Crippen LogP contribution in [-0.4, -0.2) is 23.2 Å². The summed E-state index contributed by atoms with van der Waals surface area (Å²) >= 11 is 0. The van der Waals surface area contributed by atoms with E-state index in [1.165, 1.54) is 19.2 Å². The van der Waals surface area contributed by atoms with Gasteiger partial charge in [0.05, 0.1) is 12.7 Å². The highest BCUT2D eigenvalue weighted by molar-refractivity contribution is 5.88. The number of carboxylic acids is 1. The lowest BCUT2D eigenvalue weighted by Gasteiger charge is -2.06. The number of ether oxygens (including phenoxy) is 2. The molecular weight excluding hydrogens is 234 g/mol. The second-order valence-corrected chi connectivity index (χ2v) is 3.45. The van der Waals surface area contributed by atoms with E-state index in [1.54, 1.807) is 30.3 Å². The first-order chi connectivity index (χ1) is 8.69. The van der Waals surface area contributed by atoms with Gasteiger partial charge in [0.25, 0.3) is 0 Å². The van der Waals surface area contributed by atoms with Crippen LogP contribution in [0.25, 0.3) is 0 Å². The first-order valence-electron chi connectivity index (χ1n) is 5.21. The molecule has 0 bridgehead atoms. The zero-order valence-corrected chi connectivity index (χ0v) is 9.66. The molecule has 0 radical (unpaired) electrons. The molecule has 0 saturated heterocycles. The number of hydrogen-bond acceptors (Lipinski definition) is 4. The van der Waals surface area contributed by atoms with Crippen LogP contribution in [0.1, 0.15) is 10.4 Å². The van der Waals surface area contributed by atoms with Crippen molar-refractivity contribution in [2.45, 2.75) is 0 Å². The van der Waals surface area contributed by atoms with Crippen LogP contribution >= 0.6 is 0 Å². The molecule has 0 unspecified atom stereocenters. The summed E-state index contributed by atoms with van der Waals surface area (Å²) in [4.78, 5) is 14.9. The smallest absolute Gasteiger partial charge is 0.335 e. The summed E-state index contributed by atoms with van der Waals surface area (Å²) in [6, 6.07) is 11.3. The Morgan fingerprint density at radius 2 is 1.89 bits per heavy atom. The number of methoxy groups -OCH3 is 1. The van der Waals surface area contributed by atoms with Crippen molar-refractivity contribution in [2.75, 3.05) is 7.11 Å². The lowest BCUT2D eigenvalue weighted by atomic mass is 10.2. The molecule has 18 heavy (non-hydrogen) atoms. The molecule has 0 fully saturated rings. The van der Waals surface area contributed by atoms with E-state index < -0.39 is 5.97 Å². The molecule has 1 aromatic heterocycles. The molecule has 2 aromatic rings. The van der Waals surface area contributed by atoms with E-state index >= 15 is 0 Å². The van der Waals surface area contributed by atoms with Crippen LogP contribution in [0.3, 0.4) is 0 Å². The summed E-state index contributed by atoms with van der Waals surface area (Å²) in [5.74, 6) is 0.188. The minimum absolute atomic E-state index is 0.162. The van der Waals surface area contributed by atoms with Gasteiger partial charge < -0.3 is 14.6 Å². The summed E-state index contributed by atoms with van der Waals surface area (Å²) in [5, 5.41) is 8.87. The average molecular weight is 245 g/mol. The lowest BCUT2D eigenvalue weighted by Crippen LogP contribution is -1.96. The number of rotatable bonds is 4. The highest BCUT2D eigenvalue weighted by atomic mass is 16.5. The van der Waals surface area contributed by atoms with E-state index in [4.69, 9.17) is 14.6 Å². The average Bonchev–Trinajstić information content (AvgIpc) is 2.39. The zero-order chi connectivity index (χ0) is 13.0. The minimum Gasteiger partial charge on any atom is -0.481 e. The molecular formula is C13H11NO4. The Hall–Kier alpha value is -2.56. The molecule has 0 aliphatic heterocycles. The Labute approximate surface area is 104 Å². The predicted molar refractivity (Wildman–Crippen MR) is 64.3 cm³/mol. The van der Waals surface area contributed by atoms with Crippen LogP contribution < -0.4 is 9.47 Å². The number of carbonyl (C=O) groups is 1. The number of aromatic carboxylic acids is 1. The molecule has 5 nitrogen and oxygen atoms in total. The normalized spacial score (nSPS) is 9.83. The van der Waals surface area contributed by atoms with Gasteiger partial charge in [-0.1, -0.05) is 12.1 Å². The minimum atomic E-state index is -1.00. The van der Waals surface area contributed by atoms with Gasteiger partial charge in [-0.3, -0.25) is 0 Å². The fourth-order valence-electron chi connectivity index (χ4n) is 1.38. The third kappa shape index (κ3) is 2.76. The van der Waals surface area contributed by atoms with Gasteiger partial charge in [-0.05, 0) is 18.2 Å². The van der Waals surface area contributed by atoms with Crippen LogP contribution in [0, 0.1) is 0 Å². The Morgan fingerprint density at radius 1 is 1.17 bits per heavy atom. The number of carboxylic acid groups (broad SMARTS) is 1. The van der Waals surface area contributed by atoms with Crippen LogP contribution in [-0.2, 0) is 0 Å². The first kappa shape index (κ1) is 11.9. The molecule has 1 N–H and O–H groups in total. The zero-order valence-electron chi connectivity index (χ0n) is 9.66. The summed E-state index contributed by atoms with van der Waals surface area (Å²) in [5.41, 5.74) is 0.162. The number of pyridine rings is 1. The Bertz CT molecular complexity index is 568. The van der Waals surface area contributed by atoms with Crippen molar-refractivity contribution in [3.05, 3.63) is 48.0 Å². The topological polar surface area (TPSA) is 68.7 Å². The largest absolute Gasteiger partial charge is 0.481 e. The molecule has 1 heterocycles. The monoisotopic (exact) mass is 245 g/mol. The van der Waals surface area contributed by atoms with Crippen LogP contribution in [0.5, 0.6) is 17.5 Å². The fourth-order valence-corrected chi connectivity index (χ4v) is 1.38. The van der Waals surface area contributed by atoms with Gasteiger partial charge in [-0.2, -0.15) is 4.98 Å². The second kappa shape index (κ2) is 5.18. The van der Waals surface area contributed by atoms with Gasteiger partial charge in [0.15, 0.2) is 0 Å². The van der Waals surface area contributed by atoms with Crippen LogP contribution in [0.15, 0.2) is 42.5 Å². The van der Waals surface area contributed by atoms with Gasteiger partial charge in [-0.25, -0.2) is 4.79 Å². The van der Waals surface area contributed by atoms with E-state index in [2.05, 4.69) is 4.98 Å². The standard InChI is InChI=1S/C13H11NO4/c1-17-11-6-3-7-12(14-11)18-10-5-2-4-9(8-10)13(15)16/h2-8H,1H3,(H,15,16). The number of benzene rings is 1. The quantitative estimate of drug-likeness (QED) is 0.896. The van der Waals surface area contributed by atoms with Crippen molar-refractivity contribution in [3.8, 4) is 17.5 Å². The molecule has 0 aliphatic rings. The maximum atomic E-state index is 10.8. The molecule has 2 rings (SSSR count). The van der Waals surface area contributed by atoms with Crippen molar-refractivity contribution in [2.24, 2.45) is 0 Å². The van der Waals surface area contributed by atoms with Gasteiger partial charge >= 0.3 is 5.97 Å². The van der Waals surface area contributed by atoms with Crippen molar-refractivity contribution in [3.63, 3.8) is 0 Å². The summed E-state index contributed by atoms with van der Waals surface area (Å²) in [6.45, 7) is 0. The molecule has 5 heteroatoms. The molecule has 0 atom stereocenters. The summed E-state index contributed by atoms with van der Waals surface area (Å²) in [6.07, 6.45) is 0. The SMILES string of the molecule is COc1cccc(Oc2cccc(C(=O)O)c2)n1. The van der Waals surface area contributed by atoms with Crippen molar-refractivity contribution in [1.82, 2.24) is 4.98 Å². The molecule has 0 amide bonds. The summed E-state index contributed by atoms with van der Waals surface area (Å²) in [7, 11) is 1.51. The van der Waals surface area contributed by atoms with Crippen molar-refractivity contribution < 1.29 is 19.4 Å². The third-order valence-corrected chi connectivity index (χ3v) is 2.21. The van der Waals surface area contributed by atoms with E-state index in [-0.39, 0.29) is 5.56 Å². The number of nitrogens with zero attached hydrogens (tertiary/aromatic N) is 1. The van der Waals surface area contributed by atoms with Gasteiger partial charge in [0, 0.05) is 12.1 Å². The highest BCUT2D eigenvalue weighted by Gasteiger charge is 2.05. The molecule has 1 aromatic carbocycles. The Morgan fingerprint density at radius 3 is 2.61 bits per heavy atom. The van der Waals surface area contributed by atoms with E-state index in [9.17, 15) is 4.79 Å². The van der Waals surface area contributed by atoms with E-state index in [0.717, 1.165) is 0 Å². The van der Waals surface area contributed by atoms with Crippen LogP contribution in [0.4, 0.5) is 0 Å². The maximum Gasteiger partial charge on any atom is 0.335 e. The Balaban J connectivity index is 2.22. The fraction of sp³-hybridized carbons (Fsp3) is 0.0769. The van der Waals surface area contributed by atoms with Crippen molar-refractivity contribution >= 4 is 5.97 Å². The third-order valence-electron chi connectivity index (χ3n) is 2.21. The second-order valence-electron chi connectivity index (χ2n) is 3.45. The van der Waals surface area contributed by atoms with Gasteiger partial charge in [0.2, 0.25) is 11.8 Å². The number of aromatic nitrogens is 1. The van der Waals surface area contributed by atoms with Crippen LogP contribution in [0.2, 0.25) is 0 Å². The number of hydrogen-bond donors (Lipinski definition) is 1. The van der Waals surface area contributed by atoms with Crippen molar-refractivity contribution in [1.29, 1.82) is 0 Å². The van der Waals surface area contributed by atoms with E-state index in [1.807, 2.05) is 0 Å². The van der Waals surface area contributed by atoms with Gasteiger partial charge in [-0.15, -0.1) is 0 Å². The van der Waals surface area contributed by atoms with Gasteiger partial charge in [0.1, 0.15) is 5.75 Å². The molecule has 0 aliphatic carbocycles. The summed E-state index contributed by atoms with van der Waals surface area (Å²) < 4.78 is 10.4. The first-order valence-corrected chi connectivity index (χ1v) is 5.21. The molecule has 0 saturated carbocycles. The molecule has 92 valence electrons.